The van der Waals surface area contributed by atoms with Crippen molar-refractivity contribution in [2.45, 2.75) is 25.4 Å². The van der Waals surface area contributed by atoms with Crippen molar-refractivity contribution in [1.29, 1.82) is 0 Å². The molecule has 0 amide bonds. The van der Waals surface area contributed by atoms with Crippen molar-refractivity contribution in [3.63, 3.8) is 0 Å². The van der Waals surface area contributed by atoms with Gasteiger partial charge < -0.3 is 5.32 Å². The summed E-state index contributed by atoms with van der Waals surface area (Å²) in [6.07, 6.45) is 3.66. The van der Waals surface area contributed by atoms with E-state index in [1.165, 1.54) is 18.3 Å². The van der Waals surface area contributed by atoms with Crippen LogP contribution in [0.2, 0.25) is 0 Å². The predicted molar refractivity (Wildman–Crippen MR) is 78.3 cm³/mol. The number of aromatic nitrogens is 2. The van der Waals surface area contributed by atoms with Crippen molar-refractivity contribution in [2.24, 2.45) is 0 Å². The van der Waals surface area contributed by atoms with Crippen LogP contribution in [0.25, 0.3) is 0 Å². The van der Waals surface area contributed by atoms with Gasteiger partial charge in [-0.25, -0.2) is 13.5 Å². The fourth-order valence-electron chi connectivity index (χ4n) is 1.96. The van der Waals surface area contributed by atoms with Gasteiger partial charge in [0.1, 0.15) is 11.6 Å². The van der Waals surface area contributed by atoms with E-state index >= 15 is 0 Å². The van der Waals surface area contributed by atoms with Gasteiger partial charge in [0.15, 0.2) is 0 Å². The molecule has 1 aliphatic carbocycles. The first-order valence-electron chi connectivity index (χ1n) is 6.50. The zero-order chi connectivity index (χ0) is 15.0. The molecule has 4 nitrogen and oxygen atoms in total. The summed E-state index contributed by atoms with van der Waals surface area (Å²) in [6, 6.07) is 4.23. The molecule has 1 heterocycles. The lowest BCUT2D eigenvalue weighted by Gasteiger charge is -2.09. The number of hydrogen-bond acceptors (Lipinski definition) is 3. The fraction of sp³-hybridized carbons (Fsp3) is 0.286. The Morgan fingerprint density at radius 3 is 2.81 bits per heavy atom. The van der Waals surface area contributed by atoms with Crippen LogP contribution in [0.15, 0.2) is 33.7 Å². The first-order valence-corrected chi connectivity index (χ1v) is 7.30. The van der Waals surface area contributed by atoms with Crippen LogP contribution >= 0.6 is 15.9 Å². The van der Waals surface area contributed by atoms with Gasteiger partial charge in [0.25, 0.3) is 5.56 Å². The highest BCUT2D eigenvalue weighted by molar-refractivity contribution is 9.10. The quantitative estimate of drug-likeness (QED) is 0.857. The molecule has 21 heavy (non-hydrogen) atoms. The average molecular weight is 356 g/mol. The van der Waals surface area contributed by atoms with Gasteiger partial charge in [-0.3, -0.25) is 4.79 Å². The van der Waals surface area contributed by atoms with Gasteiger partial charge in [-0.05, 0) is 40.9 Å². The van der Waals surface area contributed by atoms with Gasteiger partial charge in [0.05, 0.1) is 22.9 Å². The Labute approximate surface area is 127 Å². The van der Waals surface area contributed by atoms with E-state index < -0.39 is 17.2 Å². The third kappa shape index (κ3) is 3.12. The standard InChI is InChI=1S/C14H12BrF2N3O/c15-11-3-4-12(16)10(14(11)17)7-20-13(21)5-9(6-18-20)19-8-1-2-8/h3-6,8,19H,1-2,7H2. The Morgan fingerprint density at radius 1 is 1.38 bits per heavy atom. The van der Waals surface area contributed by atoms with Crippen molar-refractivity contribution in [3.05, 3.63) is 56.4 Å². The summed E-state index contributed by atoms with van der Waals surface area (Å²) >= 11 is 3.00. The predicted octanol–water partition coefficient (Wildman–Crippen LogP) is 2.91. The van der Waals surface area contributed by atoms with Crippen LogP contribution in [-0.2, 0) is 6.54 Å². The van der Waals surface area contributed by atoms with Gasteiger partial charge in [0.2, 0.25) is 0 Å². The number of benzene rings is 1. The van der Waals surface area contributed by atoms with E-state index in [1.807, 2.05) is 0 Å². The normalized spacial score (nSPS) is 14.2. The largest absolute Gasteiger partial charge is 0.381 e. The van der Waals surface area contributed by atoms with Crippen molar-refractivity contribution >= 4 is 21.6 Å². The minimum atomic E-state index is -0.719. The van der Waals surface area contributed by atoms with E-state index in [4.69, 9.17) is 0 Å². The first-order chi connectivity index (χ1) is 10.0. The number of anilines is 1. The Bertz CT molecular complexity index is 743. The highest BCUT2D eigenvalue weighted by atomic mass is 79.9. The monoisotopic (exact) mass is 355 g/mol. The van der Waals surface area contributed by atoms with Gasteiger partial charge in [-0.2, -0.15) is 5.10 Å². The topological polar surface area (TPSA) is 46.9 Å². The molecule has 0 unspecified atom stereocenters. The summed E-state index contributed by atoms with van der Waals surface area (Å²) in [4.78, 5) is 12.0. The smallest absolute Gasteiger partial charge is 0.269 e. The van der Waals surface area contributed by atoms with Crippen molar-refractivity contribution in [2.75, 3.05) is 5.32 Å². The van der Waals surface area contributed by atoms with Crippen molar-refractivity contribution in [3.8, 4) is 0 Å². The van der Waals surface area contributed by atoms with Crippen LogP contribution in [0.3, 0.4) is 0 Å². The second-order valence-electron chi connectivity index (χ2n) is 4.98. The molecule has 1 aliphatic rings. The third-order valence-electron chi connectivity index (χ3n) is 3.26. The van der Waals surface area contributed by atoms with Crippen LogP contribution in [0.5, 0.6) is 0 Å². The second kappa shape index (κ2) is 5.55. The van der Waals surface area contributed by atoms with E-state index in [-0.39, 0.29) is 16.6 Å². The molecule has 1 N–H and O–H groups in total. The Balaban J connectivity index is 1.88. The van der Waals surface area contributed by atoms with Crippen LogP contribution < -0.4 is 10.9 Å². The molecule has 1 aromatic carbocycles. The zero-order valence-electron chi connectivity index (χ0n) is 10.9. The van der Waals surface area contributed by atoms with Crippen LogP contribution in [-0.4, -0.2) is 15.8 Å². The SMILES string of the molecule is O=c1cc(NC2CC2)cnn1Cc1c(F)ccc(Br)c1F. The van der Waals surface area contributed by atoms with E-state index in [0.29, 0.717) is 11.7 Å². The molecule has 1 aromatic heterocycles. The Hall–Kier alpha value is -1.76. The van der Waals surface area contributed by atoms with Crippen LogP contribution in [0.1, 0.15) is 18.4 Å². The molecule has 0 bridgehead atoms. The molecule has 1 fully saturated rings. The lowest BCUT2D eigenvalue weighted by atomic mass is 10.2. The summed E-state index contributed by atoms with van der Waals surface area (Å²) in [7, 11) is 0. The summed E-state index contributed by atoms with van der Waals surface area (Å²) in [6.45, 7) is -0.250. The highest BCUT2D eigenvalue weighted by Crippen LogP contribution is 2.24. The Kier molecular flexibility index (Phi) is 3.75. The van der Waals surface area contributed by atoms with Gasteiger partial charge in [-0.1, -0.05) is 0 Å². The van der Waals surface area contributed by atoms with E-state index in [1.54, 1.807) is 0 Å². The molecule has 0 saturated heterocycles. The minimum Gasteiger partial charge on any atom is -0.381 e. The Morgan fingerprint density at radius 2 is 2.14 bits per heavy atom. The first kappa shape index (κ1) is 14.2. The van der Waals surface area contributed by atoms with Crippen LogP contribution in [0, 0.1) is 11.6 Å². The zero-order valence-corrected chi connectivity index (χ0v) is 12.5. The molecule has 3 rings (SSSR count). The number of nitrogens with zero attached hydrogens (tertiary/aromatic N) is 2. The van der Waals surface area contributed by atoms with Crippen molar-refractivity contribution < 1.29 is 8.78 Å². The number of rotatable bonds is 4. The lowest BCUT2D eigenvalue weighted by Crippen LogP contribution is -2.24. The summed E-state index contributed by atoms with van der Waals surface area (Å²) in [5.74, 6) is -1.42. The van der Waals surface area contributed by atoms with E-state index in [2.05, 4.69) is 26.3 Å². The molecule has 0 aliphatic heterocycles. The third-order valence-corrected chi connectivity index (χ3v) is 3.88. The molecule has 0 spiro atoms. The van der Waals surface area contributed by atoms with Gasteiger partial charge in [-0.15, -0.1) is 0 Å². The van der Waals surface area contributed by atoms with E-state index in [0.717, 1.165) is 23.6 Å². The van der Waals surface area contributed by atoms with Crippen molar-refractivity contribution in [1.82, 2.24) is 9.78 Å². The maximum Gasteiger partial charge on any atom is 0.269 e. The van der Waals surface area contributed by atoms with Gasteiger partial charge in [0, 0.05) is 17.7 Å². The maximum atomic E-state index is 13.9. The molecule has 7 heteroatoms. The van der Waals surface area contributed by atoms with Crippen LogP contribution in [0.4, 0.5) is 14.5 Å². The maximum absolute atomic E-state index is 13.9. The highest BCUT2D eigenvalue weighted by Gasteiger charge is 2.21. The second-order valence-corrected chi connectivity index (χ2v) is 5.83. The van der Waals surface area contributed by atoms with E-state index in [9.17, 15) is 13.6 Å². The molecule has 1 saturated carbocycles. The summed E-state index contributed by atoms with van der Waals surface area (Å²) < 4.78 is 28.8. The minimum absolute atomic E-state index is 0.152. The average Bonchev–Trinajstić information content (AvgIpc) is 3.25. The molecular weight excluding hydrogens is 344 g/mol. The molecular formula is C14H12BrF2N3O. The fourth-order valence-corrected chi connectivity index (χ4v) is 2.33. The number of hydrogen-bond donors (Lipinski definition) is 1. The molecule has 110 valence electrons. The lowest BCUT2D eigenvalue weighted by molar-refractivity contribution is 0.521. The number of halogens is 3. The molecule has 2 aromatic rings. The summed E-state index contributed by atoms with van der Waals surface area (Å²) in [5, 5.41) is 7.11. The van der Waals surface area contributed by atoms with Gasteiger partial charge >= 0.3 is 0 Å². The molecule has 0 atom stereocenters. The number of nitrogens with one attached hydrogen (secondary N) is 1. The molecule has 0 radical (unpaired) electrons. The summed E-state index contributed by atoms with van der Waals surface area (Å²) in [5.41, 5.74) is 0.0373.